The van der Waals surface area contributed by atoms with Crippen molar-refractivity contribution in [2.24, 2.45) is 0 Å². The van der Waals surface area contributed by atoms with Crippen molar-refractivity contribution >= 4 is 5.82 Å². The fourth-order valence-electron chi connectivity index (χ4n) is 2.25. The van der Waals surface area contributed by atoms with Gasteiger partial charge < -0.3 is 9.73 Å². The summed E-state index contributed by atoms with van der Waals surface area (Å²) in [4.78, 5) is 9.26. The second-order valence-electron chi connectivity index (χ2n) is 4.74. The number of nitrogens with zero attached hydrogens (tertiary/aromatic N) is 2. The Balaban J connectivity index is 2.18. The van der Waals surface area contributed by atoms with Crippen LogP contribution in [-0.2, 0) is 0 Å². The molecule has 0 bridgehead atoms. The summed E-state index contributed by atoms with van der Waals surface area (Å²) in [6.45, 7) is 4.90. The van der Waals surface area contributed by atoms with Gasteiger partial charge in [-0.2, -0.15) is 0 Å². The lowest BCUT2D eigenvalue weighted by atomic mass is 10.1. The Morgan fingerprint density at radius 2 is 1.86 bits per heavy atom. The first kappa shape index (κ1) is 13.4. The molecule has 2 heterocycles. The summed E-state index contributed by atoms with van der Waals surface area (Å²) in [5.41, 5.74) is 3.04. The zero-order valence-corrected chi connectivity index (χ0v) is 12.1. The molecule has 0 amide bonds. The van der Waals surface area contributed by atoms with Crippen LogP contribution in [0.25, 0.3) is 22.8 Å². The molecule has 4 heteroatoms. The summed E-state index contributed by atoms with van der Waals surface area (Å²) in [5, 5.41) is 3.30. The maximum Gasteiger partial charge on any atom is 0.198 e. The minimum absolute atomic E-state index is 0.598. The smallest absolute Gasteiger partial charge is 0.198 e. The molecule has 0 aliphatic rings. The highest BCUT2D eigenvalue weighted by Crippen LogP contribution is 2.28. The van der Waals surface area contributed by atoms with Crippen LogP contribution >= 0.6 is 0 Å². The standard InChI is InChI=1S/C17H17N3O/c1-3-18-16-12(2)15(13-8-5-4-6-9-13)19-17(20-16)14-10-7-11-21-14/h4-11H,3H2,1-2H3,(H,18,19,20). The molecular formula is C17H17N3O. The highest BCUT2D eigenvalue weighted by Gasteiger charge is 2.14. The van der Waals surface area contributed by atoms with Crippen LogP contribution < -0.4 is 5.32 Å². The Morgan fingerprint density at radius 3 is 2.52 bits per heavy atom. The molecule has 0 fully saturated rings. The van der Waals surface area contributed by atoms with E-state index in [-0.39, 0.29) is 0 Å². The molecule has 3 aromatic rings. The molecule has 0 radical (unpaired) electrons. The lowest BCUT2D eigenvalue weighted by Crippen LogP contribution is -2.06. The topological polar surface area (TPSA) is 51.0 Å². The average Bonchev–Trinajstić information content (AvgIpc) is 3.05. The molecule has 0 saturated carbocycles. The molecule has 106 valence electrons. The van der Waals surface area contributed by atoms with Gasteiger partial charge in [0.25, 0.3) is 0 Å². The molecule has 0 unspecified atom stereocenters. The van der Waals surface area contributed by atoms with Crippen molar-refractivity contribution in [1.82, 2.24) is 9.97 Å². The van der Waals surface area contributed by atoms with E-state index in [1.165, 1.54) is 0 Å². The van der Waals surface area contributed by atoms with Gasteiger partial charge in [-0.3, -0.25) is 0 Å². The Bertz CT molecular complexity index is 721. The van der Waals surface area contributed by atoms with Crippen LogP contribution in [0, 0.1) is 6.92 Å². The van der Waals surface area contributed by atoms with Crippen LogP contribution in [0.3, 0.4) is 0 Å². The van der Waals surface area contributed by atoms with Crippen LogP contribution in [0.1, 0.15) is 12.5 Å². The Morgan fingerprint density at radius 1 is 1.05 bits per heavy atom. The highest BCUT2D eigenvalue weighted by molar-refractivity contribution is 5.70. The van der Waals surface area contributed by atoms with Crippen LogP contribution in [-0.4, -0.2) is 16.5 Å². The van der Waals surface area contributed by atoms with E-state index < -0.39 is 0 Å². The number of hydrogen-bond acceptors (Lipinski definition) is 4. The molecule has 3 rings (SSSR count). The molecule has 4 nitrogen and oxygen atoms in total. The van der Waals surface area contributed by atoms with E-state index in [2.05, 4.69) is 34.3 Å². The fourth-order valence-corrected chi connectivity index (χ4v) is 2.25. The number of benzene rings is 1. The molecule has 0 aliphatic heterocycles. The SMILES string of the molecule is CCNc1nc(-c2ccco2)nc(-c2ccccc2)c1C. The average molecular weight is 279 g/mol. The summed E-state index contributed by atoms with van der Waals surface area (Å²) in [5.74, 6) is 2.12. The van der Waals surface area contributed by atoms with E-state index in [1.54, 1.807) is 6.26 Å². The van der Waals surface area contributed by atoms with Gasteiger partial charge in [-0.1, -0.05) is 30.3 Å². The van der Waals surface area contributed by atoms with Crippen LogP contribution in [0.15, 0.2) is 53.1 Å². The first-order valence-electron chi connectivity index (χ1n) is 7.01. The minimum atomic E-state index is 0.598. The molecule has 0 saturated heterocycles. The van der Waals surface area contributed by atoms with Crippen molar-refractivity contribution in [1.29, 1.82) is 0 Å². The fraction of sp³-hybridized carbons (Fsp3) is 0.176. The van der Waals surface area contributed by atoms with Crippen molar-refractivity contribution in [2.45, 2.75) is 13.8 Å². The number of aromatic nitrogens is 2. The predicted molar refractivity (Wildman–Crippen MR) is 84.1 cm³/mol. The Hall–Kier alpha value is -2.62. The van der Waals surface area contributed by atoms with E-state index in [1.807, 2.05) is 37.3 Å². The van der Waals surface area contributed by atoms with Crippen molar-refractivity contribution in [3.63, 3.8) is 0 Å². The lowest BCUT2D eigenvalue weighted by molar-refractivity contribution is 0.577. The zero-order chi connectivity index (χ0) is 14.7. The molecule has 2 aromatic heterocycles. The molecule has 21 heavy (non-hydrogen) atoms. The molecule has 0 atom stereocenters. The van der Waals surface area contributed by atoms with Gasteiger partial charge >= 0.3 is 0 Å². The number of hydrogen-bond donors (Lipinski definition) is 1. The van der Waals surface area contributed by atoms with Crippen molar-refractivity contribution in [2.75, 3.05) is 11.9 Å². The van der Waals surface area contributed by atoms with Gasteiger partial charge in [0.1, 0.15) is 5.82 Å². The molecule has 1 aromatic carbocycles. The lowest BCUT2D eigenvalue weighted by Gasteiger charge is -2.12. The third-order valence-electron chi connectivity index (χ3n) is 3.28. The minimum Gasteiger partial charge on any atom is -0.461 e. The molecule has 1 N–H and O–H groups in total. The van der Waals surface area contributed by atoms with Crippen molar-refractivity contribution in [3.8, 4) is 22.8 Å². The summed E-state index contributed by atoms with van der Waals surface area (Å²) in [6.07, 6.45) is 1.63. The van der Waals surface area contributed by atoms with Crippen molar-refractivity contribution in [3.05, 3.63) is 54.3 Å². The first-order valence-corrected chi connectivity index (χ1v) is 7.01. The molecule has 0 spiro atoms. The van der Waals surface area contributed by atoms with E-state index in [9.17, 15) is 0 Å². The van der Waals surface area contributed by atoms with Gasteiger partial charge in [-0.25, -0.2) is 9.97 Å². The maximum absolute atomic E-state index is 5.43. The second-order valence-corrected chi connectivity index (χ2v) is 4.74. The molecular weight excluding hydrogens is 262 g/mol. The maximum atomic E-state index is 5.43. The van der Waals surface area contributed by atoms with Gasteiger partial charge in [0.05, 0.1) is 12.0 Å². The zero-order valence-electron chi connectivity index (χ0n) is 12.1. The summed E-state index contributed by atoms with van der Waals surface area (Å²) < 4.78 is 5.43. The van der Waals surface area contributed by atoms with Crippen LogP contribution in [0.5, 0.6) is 0 Å². The number of furan rings is 1. The second kappa shape index (κ2) is 5.79. The Kier molecular flexibility index (Phi) is 3.69. The number of rotatable bonds is 4. The number of anilines is 1. The summed E-state index contributed by atoms with van der Waals surface area (Å²) >= 11 is 0. The third-order valence-corrected chi connectivity index (χ3v) is 3.28. The van der Waals surface area contributed by atoms with Gasteiger partial charge in [-0.05, 0) is 26.0 Å². The predicted octanol–water partition coefficient (Wildman–Crippen LogP) is 4.14. The highest BCUT2D eigenvalue weighted by atomic mass is 16.3. The number of nitrogens with one attached hydrogen (secondary N) is 1. The quantitative estimate of drug-likeness (QED) is 0.779. The van der Waals surface area contributed by atoms with E-state index in [4.69, 9.17) is 4.42 Å². The van der Waals surface area contributed by atoms with Gasteiger partial charge in [-0.15, -0.1) is 0 Å². The van der Waals surface area contributed by atoms with Gasteiger partial charge in [0, 0.05) is 17.7 Å². The van der Waals surface area contributed by atoms with E-state index >= 15 is 0 Å². The summed E-state index contributed by atoms with van der Waals surface area (Å²) in [6, 6.07) is 13.8. The van der Waals surface area contributed by atoms with Crippen LogP contribution in [0.2, 0.25) is 0 Å². The van der Waals surface area contributed by atoms with E-state index in [0.717, 1.165) is 29.2 Å². The van der Waals surface area contributed by atoms with Gasteiger partial charge in [0.15, 0.2) is 11.6 Å². The largest absolute Gasteiger partial charge is 0.461 e. The monoisotopic (exact) mass is 279 g/mol. The normalized spacial score (nSPS) is 10.6. The summed E-state index contributed by atoms with van der Waals surface area (Å²) in [7, 11) is 0. The van der Waals surface area contributed by atoms with Gasteiger partial charge in [0.2, 0.25) is 0 Å². The first-order chi connectivity index (χ1) is 10.3. The van der Waals surface area contributed by atoms with Crippen molar-refractivity contribution < 1.29 is 4.42 Å². The van der Waals surface area contributed by atoms with E-state index in [0.29, 0.717) is 11.6 Å². The third kappa shape index (κ3) is 2.65. The Labute approximate surface area is 123 Å². The molecule has 0 aliphatic carbocycles. The van der Waals surface area contributed by atoms with Crippen LogP contribution in [0.4, 0.5) is 5.82 Å².